The zero-order chi connectivity index (χ0) is 21.9. The number of benzene rings is 1. The number of phenolic OH excluding ortho intramolecular Hbond substituents is 1. The van der Waals surface area contributed by atoms with Crippen LogP contribution in [-0.2, 0) is 10.2 Å². The first-order valence-electron chi connectivity index (χ1n) is 10.8. The molecule has 1 aromatic carbocycles. The summed E-state index contributed by atoms with van der Waals surface area (Å²) < 4.78 is 5.02. The van der Waals surface area contributed by atoms with Crippen LogP contribution in [0.5, 0.6) is 5.75 Å². The lowest BCUT2D eigenvalue weighted by molar-refractivity contribution is -0.130. The van der Waals surface area contributed by atoms with Crippen molar-refractivity contribution in [2.45, 2.75) is 42.7 Å². The molecule has 6 nitrogen and oxygen atoms in total. The highest BCUT2D eigenvalue weighted by Gasteiger charge is 2.57. The van der Waals surface area contributed by atoms with Crippen LogP contribution in [0.1, 0.15) is 36.8 Å². The van der Waals surface area contributed by atoms with Crippen LogP contribution >= 0.6 is 0 Å². The molecule has 0 bridgehead atoms. The van der Waals surface area contributed by atoms with Crippen molar-refractivity contribution in [3.63, 3.8) is 0 Å². The molecule has 1 amide bonds. The number of rotatable bonds is 6. The molecular formula is C25H30N2O4. The van der Waals surface area contributed by atoms with Crippen LogP contribution in [0.4, 0.5) is 0 Å². The lowest BCUT2D eigenvalue weighted by Gasteiger charge is -2.58. The second-order valence-electron chi connectivity index (χ2n) is 8.78. The van der Waals surface area contributed by atoms with Gasteiger partial charge >= 0.3 is 0 Å². The number of amides is 1. The van der Waals surface area contributed by atoms with E-state index in [4.69, 9.17) is 4.42 Å². The Kier molecular flexibility index (Phi) is 6.03. The average Bonchev–Trinajstić information content (AvgIpc) is 3.26. The fourth-order valence-corrected chi connectivity index (χ4v) is 5.32. The van der Waals surface area contributed by atoms with Gasteiger partial charge in [-0.05, 0) is 62.1 Å². The number of piperidine rings is 1. The van der Waals surface area contributed by atoms with Crippen molar-refractivity contribution in [3.8, 4) is 5.75 Å². The standard InChI is InChI=1S/C25H30N2O4/c1-2-12-27-13-11-24(20-4-3-5-22(28)15-20)16-21(8-10-25(24,30)18-27)26-23(29)7-6-19-9-14-31-17-19/h2-7,9,14-15,17,21,28,30H,1,8,10-13,16,18H2,(H,26,29)/b7-6+/t21-,24-,25-/m0/s1. The highest BCUT2D eigenvalue weighted by Crippen LogP contribution is 2.52. The molecule has 0 radical (unpaired) electrons. The van der Waals surface area contributed by atoms with E-state index in [2.05, 4.69) is 16.8 Å². The SMILES string of the molecule is C=CCN1CC[C@@]2(c3cccc(O)c3)C[C@@H](NC(=O)/C=C/c3ccoc3)CC[C@]2(O)C1. The molecule has 1 saturated carbocycles. The second kappa shape index (κ2) is 8.73. The van der Waals surface area contributed by atoms with Gasteiger partial charge in [0.1, 0.15) is 5.75 Å². The largest absolute Gasteiger partial charge is 0.508 e. The molecule has 1 aliphatic carbocycles. The van der Waals surface area contributed by atoms with Crippen LogP contribution in [-0.4, -0.2) is 52.3 Å². The molecular weight excluding hydrogens is 392 g/mol. The van der Waals surface area contributed by atoms with Gasteiger partial charge < -0.3 is 19.9 Å². The Morgan fingerprint density at radius 2 is 2.23 bits per heavy atom. The Bertz CT molecular complexity index is 954. The van der Waals surface area contributed by atoms with Crippen LogP contribution in [0.2, 0.25) is 0 Å². The maximum absolute atomic E-state index is 12.5. The first-order chi connectivity index (χ1) is 14.9. The zero-order valence-electron chi connectivity index (χ0n) is 17.7. The topological polar surface area (TPSA) is 85.9 Å². The summed E-state index contributed by atoms with van der Waals surface area (Å²) in [5, 5.41) is 25.1. The van der Waals surface area contributed by atoms with E-state index in [0.29, 0.717) is 25.8 Å². The minimum atomic E-state index is -0.935. The fourth-order valence-electron chi connectivity index (χ4n) is 5.32. The minimum absolute atomic E-state index is 0.0601. The van der Waals surface area contributed by atoms with Crippen LogP contribution < -0.4 is 5.32 Å². The van der Waals surface area contributed by atoms with Crippen molar-refractivity contribution in [1.82, 2.24) is 10.2 Å². The third-order valence-corrected chi connectivity index (χ3v) is 6.83. The summed E-state index contributed by atoms with van der Waals surface area (Å²) >= 11 is 0. The summed E-state index contributed by atoms with van der Waals surface area (Å²) in [7, 11) is 0. The van der Waals surface area contributed by atoms with E-state index in [1.165, 1.54) is 6.08 Å². The molecule has 164 valence electrons. The van der Waals surface area contributed by atoms with Crippen LogP contribution in [0.3, 0.4) is 0 Å². The van der Waals surface area contributed by atoms with E-state index in [1.54, 1.807) is 36.8 Å². The predicted octanol–water partition coefficient (Wildman–Crippen LogP) is 3.23. The lowest BCUT2D eigenvalue weighted by atomic mass is 9.55. The summed E-state index contributed by atoms with van der Waals surface area (Å²) in [6.45, 7) is 5.94. The average molecular weight is 423 g/mol. The lowest BCUT2D eigenvalue weighted by Crippen LogP contribution is -2.67. The summed E-state index contributed by atoms with van der Waals surface area (Å²) in [6.07, 6.45) is 10.9. The Balaban J connectivity index is 1.57. The van der Waals surface area contributed by atoms with Crippen molar-refractivity contribution in [3.05, 3.63) is 72.7 Å². The summed E-state index contributed by atoms with van der Waals surface area (Å²) in [5.41, 5.74) is 0.296. The van der Waals surface area contributed by atoms with Crippen molar-refractivity contribution in [2.75, 3.05) is 19.6 Å². The first-order valence-corrected chi connectivity index (χ1v) is 10.8. The third-order valence-electron chi connectivity index (χ3n) is 6.83. The van der Waals surface area contributed by atoms with E-state index in [9.17, 15) is 15.0 Å². The van der Waals surface area contributed by atoms with Crippen LogP contribution in [0, 0.1) is 0 Å². The van der Waals surface area contributed by atoms with Gasteiger partial charge in [-0.15, -0.1) is 6.58 Å². The van der Waals surface area contributed by atoms with Crippen LogP contribution in [0.15, 0.2) is 66.0 Å². The molecule has 6 heteroatoms. The number of nitrogens with one attached hydrogen (secondary N) is 1. The van der Waals surface area contributed by atoms with E-state index in [1.807, 2.05) is 18.2 Å². The minimum Gasteiger partial charge on any atom is -0.508 e. The molecule has 4 rings (SSSR count). The quantitative estimate of drug-likeness (QED) is 0.492. The number of likely N-dealkylation sites (tertiary alicyclic amines) is 1. The fraction of sp³-hybridized carbons (Fsp3) is 0.400. The van der Waals surface area contributed by atoms with E-state index in [0.717, 1.165) is 30.6 Å². The highest BCUT2D eigenvalue weighted by molar-refractivity contribution is 5.91. The number of furan rings is 1. The number of β-amino-alcohol motifs (C(OH)–C–C–N with tert-alkyl or cyclic N) is 1. The number of phenols is 1. The van der Waals surface area contributed by atoms with Crippen molar-refractivity contribution in [1.29, 1.82) is 0 Å². The number of carbonyl (C=O) groups is 1. The monoisotopic (exact) mass is 422 g/mol. The maximum atomic E-state index is 12.5. The predicted molar refractivity (Wildman–Crippen MR) is 120 cm³/mol. The summed E-state index contributed by atoms with van der Waals surface area (Å²) in [6, 6.07) is 8.95. The molecule has 31 heavy (non-hydrogen) atoms. The first kappa shape index (κ1) is 21.4. The van der Waals surface area contributed by atoms with Gasteiger partial charge in [0.15, 0.2) is 0 Å². The van der Waals surface area contributed by atoms with E-state index in [-0.39, 0.29) is 17.7 Å². The highest BCUT2D eigenvalue weighted by atomic mass is 16.3. The molecule has 3 N–H and O–H groups in total. The molecule has 1 saturated heterocycles. The molecule has 0 unspecified atom stereocenters. The number of carbonyl (C=O) groups excluding carboxylic acids is 1. The van der Waals surface area contributed by atoms with Crippen molar-refractivity contribution >= 4 is 12.0 Å². The third kappa shape index (κ3) is 4.31. The smallest absolute Gasteiger partial charge is 0.244 e. The van der Waals surface area contributed by atoms with Gasteiger partial charge in [0, 0.05) is 36.2 Å². The van der Waals surface area contributed by atoms with E-state index < -0.39 is 11.0 Å². The zero-order valence-corrected chi connectivity index (χ0v) is 17.7. The summed E-state index contributed by atoms with van der Waals surface area (Å²) in [4.78, 5) is 14.8. The molecule has 2 aromatic rings. The Morgan fingerprint density at radius 1 is 1.35 bits per heavy atom. The molecule has 2 heterocycles. The molecule has 0 spiro atoms. The van der Waals surface area contributed by atoms with Gasteiger partial charge in [-0.1, -0.05) is 18.2 Å². The van der Waals surface area contributed by atoms with Crippen molar-refractivity contribution in [2.24, 2.45) is 0 Å². The van der Waals surface area contributed by atoms with Gasteiger partial charge in [-0.25, -0.2) is 0 Å². The number of aromatic hydroxyl groups is 1. The van der Waals surface area contributed by atoms with Gasteiger partial charge in [0.25, 0.3) is 0 Å². The summed E-state index contributed by atoms with van der Waals surface area (Å²) in [5.74, 6) is 0.0312. The van der Waals surface area contributed by atoms with Gasteiger partial charge in [-0.3, -0.25) is 9.69 Å². The van der Waals surface area contributed by atoms with E-state index >= 15 is 0 Å². The van der Waals surface area contributed by atoms with Gasteiger partial charge in [-0.2, -0.15) is 0 Å². The van der Waals surface area contributed by atoms with Crippen molar-refractivity contribution < 1.29 is 19.4 Å². The number of aliphatic hydroxyl groups is 1. The molecule has 1 aliphatic heterocycles. The number of fused-ring (bicyclic) bond motifs is 1. The maximum Gasteiger partial charge on any atom is 0.244 e. The Labute approximate surface area is 182 Å². The number of hydrogen-bond donors (Lipinski definition) is 3. The molecule has 3 atom stereocenters. The molecule has 1 aromatic heterocycles. The Morgan fingerprint density at radius 3 is 2.97 bits per heavy atom. The van der Waals surface area contributed by atoms with Gasteiger partial charge in [0.2, 0.25) is 5.91 Å². The Hall–Kier alpha value is -2.83. The number of nitrogens with zero attached hydrogens (tertiary/aromatic N) is 1. The van der Waals surface area contributed by atoms with Gasteiger partial charge in [0.05, 0.1) is 18.1 Å². The molecule has 2 fully saturated rings. The normalized spacial score (nSPS) is 28.9. The van der Waals surface area contributed by atoms with Crippen LogP contribution in [0.25, 0.3) is 6.08 Å². The number of hydrogen-bond acceptors (Lipinski definition) is 5. The second-order valence-corrected chi connectivity index (χ2v) is 8.78. The molecule has 2 aliphatic rings.